The van der Waals surface area contributed by atoms with Crippen molar-refractivity contribution in [2.75, 3.05) is 24.6 Å². The Morgan fingerprint density at radius 2 is 2.00 bits per heavy atom. The van der Waals surface area contributed by atoms with E-state index in [1.807, 2.05) is 48.5 Å². The van der Waals surface area contributed by atoms with Crippen LogP contribution in [0.25, 0.3) is 10.8 Å². The fourth-order valence-corrected chi connectivity index (χ4v) is 3.80. The number of ether oxygens (including phenoxy) is 1. The minimum atomic E-state index is -0.338. The van der Waals surface area contributed by atoms with Crippen molar-refractivity contribution in [3.63, 3.8) is 0 Å². The number of halogens is 1. The van der Waals surface area contributed by atoms with Gasteiger partial charge in [-0.15, -0.1) is 0 Å². The predicted molar refractivity (Wildman–Crippen MR) is 113 cm³/mol. The number of nitrogens with zero attached hydrogens (tertiary/aromatic N) is 2. The van der Waals surface area contributed by atoms with E-state index in [-0.39, 0.29) is 12.5 Å². The molecule has 0 unspecified atom stereocenters. The topological polar surface area (TPSA) is 67.1 Å². The van der Waals surface area contributed by atoms with Crippen molar-refractivity contribution in [1.82, 2.24) is 5.43 Å². The molecule has 2 aromatic carbocycles. The molecule has 144 valence electrons. The van der Waals surface area contributed by atoms with Crippen LogP contribution < -0.4 is 15.1 Å². The molecule has 7 heteroatoms. The number of amides is 1. The normalized spacial score (nSPS) is 14.1. The molecule has 0 spiro atoms. The van der Waals surface area contributed by atoms with Gasteiger partial charge in [0.05, 0.1) is 10.7 Å². The Morgan fingerprint density at radius 3 is 2.86 bits per heavy atom. The summed E-state index contributed by atoms with van der Waals surface area (Å²) in [7, 11) is 0. The van der Waals surface area contributed by atoms with Crippen molar-refractivity contribution in [2.24, 2.45) is 5.10 Å². The summed E-state index contributed by atoms with van der Waals surface area (Å²) in [5.74, 6) is 1.71. The number of carbonyl (C=O) groups is 1. The van der Waals surface area contributed by atoms with Crippen molar-refractivity contribution in [1.29, 1.82) is 0 Å². The van der Waals surface area contributed by atoms with Gasteiger partial charge in [0.25, 0.3) is 5.91 Å². The first-order valence-electron chi connectivity index (χ1n) is 9.17. The maximum atomic E-state index is 12.0. The molecule has 1 N–H and O–H groups in total. The molecule has 0 aliphatic carbocycles. The van der Waals surface area contributed by atoms with Crippen LogP contribution in [0.4, 0.5) is 5.88 Å². The molecule has 2 heterocycles. The van der Waals surface area contributed by atoms with Crippen LogP contribution in [-0.4, -0.2) is 31.8 Å². The average Bonchev–Trinajstić information content (AvgIpc) is 3.36. The molecular weight excluding hydrogens is 422 g/mol. The number of carbonyl (C=O) groups excluding carboxylic acids is 1. The van der Waals surface area contributed by atoms with Crippen LogP contribution in [0.5, 0.6) is 5.75 Å². The van der Waals surface area contributed by atoms with E-state index in [0.29, 0.717) is 11.5 Å². The van der Waals surface area contributed by atoms with Gasteiger partial charge >= 0.3 is 0 Å². The van der Waals surface area contributed by atoms with Gasteiger partial charge in [-0.2, -0.15) is 5.10 Å². The Labute approximate surface area is 171 Å². The molecule has 6 nitrogen and oxygen atoms in total. The van der Waals surface area contributed by atoms with E-state index in [9.17, 15) is 4.79 Å². The number of benzene rings is 2. The minimum absolute atomic E-state index is 0.119. The van der Waals surface area contributed by atoms with Crippen LogP contribution in [0.15, 0.2) is 62.5 Å². The molecule has 3 aromatic rings. The van der Waals surface area contributed by atoms with Crippen LogP contribution in [0.3, 0.4) is 0 Å². The number of anilines is 1. The fourth-order valence-electron chi connectivity index (χ4n) is 3.24. The van der Waals surface area contributed by atoms with E-state index in [1.165, 1.54) is 19.1 Å². The van der Waals surface area contributed by atoms with Gasteiger partial charge in [-0.1, -0.05) is 36.4 Å². The molecule has 1 aliphatic heterocycles. The van der Waals surface area contributed by atoms with Crippen molar-refractivity contribution in [3.8, 4) is 5.75 Å². The molecular formula is C21H20BrN3O3. The molecule has 1 amide bonds. The zero-order valence-electron chi connectivity index (χ0n) is 15.2. The SMILES string of the molecule is O=C(COc1cccc2ccccc12)N/N=C/c1cc(Br)c(N2CCCC2)o1. The van der Waals surface area contributed by atoms with Crippen LogP contribution in [0, 0.1) is 0 Å². The number of fused-ring (bicyclic) bond motifs is 1. The van der Waals surface area contributed by atoms with Gasteiger partial charge in [0, 0.05) is 24.5 Å². The molecule has 0 bridgehead atoms. The average molecular weight is 442 g/mol. The number of hydrogen-bond acceptors (Lipinski definition) is 5. The molecule has 1 aliphatic rings. The maximum absolute atomic E-state index is 12.0. The third kappa shape index (κ3) is 4.20. The van der Waals surface area contributed by atoms with E-state index in [1.54, 1.807) is 0 Å². The molecule has 1 aromatic heterocycles. The summed E-state index contributed by atoms with van der Waals surface area (Å²) in [6.45, 7) is 1.86. The van der Waals surface area contributed by atoms with Crippen molar-refractivity contribution < 1.29 is 13.9 Å². The zero-order chi connectivity index (χ0) is 19.3. The summed E-state index contributed by atoms with van der Waals surface area (Å²) in [5, 5.41) is 5.99. The van der Waals surface area contributed by atoms with E-state index in [2.05, 4.69) is 31.4 Å². The van der Waals surface area contributed by atoms with Crippen LogP contribution >= 0.6 is 15.9 Å². The summed E-state index contributed by atoms with van der Waals surface area (Å²) in [5.41, 5.74) is 2.46. The molecule has 0 radical (unpaired) electrons. The minimum Gasteiger partial charge on any atom is -0.483 e. The second-order valence-corrected chi connectivity index (χ2v) is 7.41. The summed E-state index contributed by atoms with van der Waals surface area (Å²) in [6, 6.07) is 15.5. The fraction of sp³-hybridized carbons (Fsp3) is 0.238. The van der Waals surface area contributed by atoms with Gasteiger partial charge in [-0.3, -0.25) is 4.79 Å². The lowest BCUT2D eigenvalue weighted by Gasteiger charge is -2.13. The quantitative estimate of drug-likeness (QED) is 0.456. The van der Waals surface area contributed by atoms with Crippen molar-refractivity contribution in [3.05, 3.63) is 58.8 Å². The molecule has 0 atom stereocenters. The second-order valence-electron chi connectivity index (χ2n) is 6.56. The number of nitrogens with one attached hydrogen (secondary N) is 1. The Morgan fingerprint density at radius 1 is 1.21 bits per heavy atom. The van der Waals surface area contributed by atoms with E-state index >= 15 is 0 Å². The Hall–Kier alpha value is -2.80. The van der Waals surface area contributed by atoms with E-state index < -0.39 is 0 Å². The lowest BCUT2D eigenvalue weighted by molar-refractivity contribution is -0.123. The molecule has 28 heavy (non-hydrogen) atoms. The molecule has 1 saturated heterocycles. The highest BCUT2D eigenvalue weighted by Crippen LogP contribution is 2.31. The van der Waals surface area contributed by atoms with Crippen molar-refractivity contribution in [2.45, 2.75) is 12.8 Å². The smallest absolute Gasteiger partial charge is 0.277 e. The monoisotopic (exact) mass is 441 g/mol. The third-order valence-corrected chi connectivity index (χ3v) is 5.14. The molecule has 1 fully saturated rings. The first-order valence-corrected chi connectivity index (χ1v) is 9.97. The standard InChI is InChI=1S/C21H20BrN3O3/c22-18-12-16(28-21(18)25-10-3-4-11-25)13-23-24-20(26)14-27-19-9-5-7-15-6-1-2-8-17(15)19/h1-2,5-9,12-13H,3-4,10-11,14H2,(H,24,26)/b23-13+. The first-order chi connectivity index (χ1) is 13.7. The second kappa shape index (κ2) is 8.48. The van der Waals surface area contributed by atoms with Gasteiger partial charge in [-0.25, -0.2) is 5.43 Å². The maximum Gasteiger partial charge on any atom is 0.277 e. The lowest BCUT2D eigenvalue weighted by Crippen LogP contribution is -2.24. The lowest BCUT2D eigenvalue weighted by atomic mass is 10.1. The molecule has 0 saturated carbocycles. The highest BCUT2D eigenvalue weighted by atomic mass is 79.9. The van der Waals surface area contributed by atoms with E-state index in [4.69, 9.17) is 9.15 Å². The number of hydrazone groups is 1. The number of hydrogen-bond donors (Lipinski definition) is 1. The summed E-state index contributed by atoms with van der Waals surface area (Å²) in [6.07, 6.45) is 3.83. The van der Waals surface area contributed by atoms with Crippen LogP contribution in [0.2, 0.25) is 0 Å². The Kier molecular flexibility index (Phi) is 5.62. The predicted octanol–water partition coefficient (Wildman–Crippen LogP) is 4.32. The van der Waals surface area contributed by atoms with E-state index in [0.717, 1.165) is 34.2 Å². The zero-order valence-corrected chi connectivity index (χ0v) is 16.8. The summed E-state index contributed by atoms with van der Waals surface area (Å²) < 4.78 is 12.3. The van der Waals surface area contributed by atoms with Gasteiger partial charge in [0.15, 0.2) is 12.4 Å². The number of furan rings is 1. The highest BCUT2D eigenvalue weighted by molar-refractivity contribution is 9.10. The van der Waals surface area contributed by atoms with Gasteiger partial charge in [0.2, 0.25) is 5.88 Å². The summed E-state index contributed by atoms with van der Waals surface area (Å²) >= 11 is 3.51. The largest absolute Gasteiger partial charge is 0.483 e. The highest BCUT2D eigenvalue weighted by Gasteiger charge is 2.19. The van der Waals surface area contributed by atoms with Crippen molar-refractivity contribution >= 4 is 44.7 Å². The van der Waals surface area contributed by atoms with Gasteiger partial charge < -0.3 is 14.1 Å². The van der Waals surface area contributed by atoms with Crippen LogP contribution in [-0.2, 0) is 4.79 Å². The summed E-state index contributed by atoms with van der Waals surface area (Å²) in [4.78, 5) is 14.2. The first kappa shape index (κ1) is 18.6. The Bertz CT molecular complexity index is 1000. The third-order valence-electron chi connectivity index (χ3n) is 4.57. The van der Waals surface area contributed by atoms with Gasteiger partial charge in [-0.05, 0) is 40.2 Å². The van der Waals surface area contributed by atoms with Gasteiger partial charge in [0.1, 0.15) is 5.75 Å². The number of rotatable bonds is 6. The molecule has 4 rings (SSSR count). The Balaban J connectivity index is 1.32. The van der Waals surface area contributed by atoms with Crippen LogP contribution in [0.1, 0.15) is 18.6 Å².